The van der Waals surface area contributed by atoms with Crippen molar-refractivity contribution in [3.05, 3.63) is 27.4 Å². The summed E-state index contributed by atoms with van der Waals surface area (Å²) >= 11 is 0.930. The fourth-order valence-corrected chi connectivity index (χ4v) is 3.64. The Hall–Kier alpha value is -1.98. The van der Waals surface area contributed by atoms with Crippen molar-refractivity contribution in [3.8, 4) is 5.75 Å². The van der Waals surface area contributed by atoms with E-state index in [1.165, 1.54) is 6.92 Å². The molecule has 1 saturated heterocycles. The first-order valence-corrected chi connectivity index (χ1v) is 8.73. The molecule has 1 aliphatic rings. The SMILES string of the molecule is CC(=O)N[C@@H]1[C@@H](Oc2ccc3oc(=O)sc3c2C)O[C@@H](CO)[C@@H](O)[C@H]1O. The number of aliphatic hydroxyl groups excluding tert-OH is 3. The fraction of sp³-hybridized carbons (Fsp3) is 0.500. The van der Waals surface area contributed by atoms with Gasteiger partial charge in [0.25, 0.3) is 0 Å². The molecule has 0 radical (unpaired) electrons. The van der Waals surface area contributed by atoms with Gasteiger partial charge in [0.1, 0.15) is 35.7 Å². The quantitative estimate of drug-likeness (QED) is 0.552. The molecule has 5 atom stereocenters. The third-order valence-corrected chi connectivity index (χ3v) is 5.15. The standard InChI is InChI=1S/C16H19NO8S/c1-6-8(3-4-9-14(6)26-16(22)25-9)23-15-11(17-7(2)19)13(21)12(20)10(5-18)24-15/h3-4,10-13,15,18,20-21H,5H2,1-2H3,(H,17,19)/t10-,11-,12+,13-,15-/m0/s1. The van der Waals surface area contributed by atoms with Crippen molar-refractivity contribution >= 4 is 27.5 Å². The van der Waals surface area contributed by atoms with E-state index in [1.54, 1.807) is 19.1 Å². The number of benzene rings is 1. The summed E-state index contributed by atoms with van der Waals surface area (Å²) in [6.07, 6.45) is -5.02. The van der Waals surface area contributed by atoms with Gasteiger partial charge in [0, 0.05) is 12.5 Å². The molecule has 0 spiro atoms. The van der Waals surface area contributed by atoms with Crippen molar-refractivity contribution in [3.63, 3.8) is 0 Å². The van der Waals surface area contributed by atoms with Crippen LogP contribution in [-0.2, 0) is 9.53 Å². The maximum absolute atomic E-state index is 11.4. The number of amides is 1. The Morgan fingerprint density at radius 3 is 2.73 bits per heavy atom. The largest absolute Gasteiger partial charge is 0.462 e. The van der Waals surface area contributed by atoms with E-state index in [1.807, 2.05) is 0 Å². The molecule has 0 unspecified atom stereocenters. The summed E-state index contributed by atoms with van der Waals surface area (Å²) in [6, 6.07) is 2.09. The molecule has 1 aliphatic heterocycles. The van der Waals surface area contributed by atoms with Gasteiger partial charge in [-0.25, -0.2) is 4.79 Å². The minimum Gasteiger partial charge on any atom is -0.462 e. The van der Waals surface area contributed by atoms with E-state index in [0.717, 1.165) is 11.3 Å². The number of hydrogen-bond donors (Lipinski definition) is 4. The van der Waals surface area contributed by atoms with Gasteiger partial charge in [-0.2, -0.15) is 0 Å². The van der Waals surface area contributed by atoms with E-state index >= 15 is 0 Å². The highest BCUT2D eigenvalue weighted by molar-refractivity contribution is 7.16. The van der Waals surface area contributed by atoms with Crippen LogP contribution in [0.4, 0.5) is 0 Å². The molecule has 0 aliphatic carbocycles. The maximum atomic E-state index is 11.4. The Balaban J connectivity index is 1.93. The Morgan fingerprint density at radius 2 is 2.08 bits per heavy atom. The van der Waals surface area contributed by atoms with E-state index in [-0.39, 0.29) is 0 Å². The molecule has 1 amide bonds. The predicted molar refractivity (Wildman–Crippen MR) is 91.1 cm³/mol. The van der Waals surface area contributed by atoms with Crippen LogP contribution in [0.2, 0.25) is 0 Å². The van der Waals surface area contributed by atoms with Crippen LogP contribution in [0.25, 0.3) is 10.3 Å². The van der Waals surface area contributed by atoms with Gasteiger partial charge in [-0.3, -0.25) is 4.79 Å². The molecule has 0 bridgehead atoms. The zero-order valence-corrected chi connectivity index (χ0v) is 14.9. The molecular formula is C16H19NO8S. The lowest BCUT2D eigenvalue weighted by Gasteiger charge is -2.42. The zero-order chi connectivity index (χ0) is 19.0. The van der Waals surface area contributed by atoms with Crippen molar-refractivity contribution in [2.45, 2.75) is 44.5 Å². The Bertz CT molecular complexity index is 862. The molecule has 1 aromatic heterocycles. The van der Waals surface area contributed by atoms with Gasteiger partial charge in [-0.05, 0) is 19.1 Å². The Morgan fingerprint density at radius 1 is 1.35 bits per heavy atom. The number of nitrogens with one attached hydrogen (secondary N) is 1. The third kappa shape index (κ3) is 3.46. The monoisotopic (exact) mass is 385 g/mol. The summed E-state index contributed by atoms with van der Waals surface area (Å²) in [4.78, 5) is 22.4. The van der Waals surface area contributed by atoms with Gasteiger partial charge in [0.05, 0.1) is 11.3 Å². The number of ether oxygens (including phenoxy) is 2. The maximum Gasteiger partial charge on any atom is 0.396 e. The Kier molecular flexibility index (Phi) is 5.30. The summed E-state index contributed by atoms with van der Waals surface area (Å²) in [6.45, 7) is 2.45. The lowest BCUT2D eigenvalue weighted by atomic mass is 9.97. The minimum atomic E-state index is -1.40. The molecule has 10 heteroatoms. The fourth-order valence-electron chi connectivity index (χ4n) is 2.87. The van der Waals surface area contributed by atoms with Gasteiger partial charge in [0.2, 0.25) is 12.2 Å². The first kappa shape index (κ1) is 18.8. The van der Waals surface area contributed by atoms with Crippen LogP contribution >= 0.6 is 11.3 Å². The number of fused-ring (bicyclic) bond motifs is 1. The molecule has 9 nitrogen and oxygen atoms in total. The smallest absolute Gasteiger partial charge is 0.396 e. The zero-order valence-electron chi connectivity index (χ0n) is 14.0. The molecule has 2 heterocycles. The normalized spacial score (nSPS) is 28.9. The third-order valence-electron chi connectivity index (χ3n) is 4.19. The molecule has 1 aromatic carbocycles. The Labute approximate surface area is 151 Å². The minimum absolute atomic E-state index is 0.357. The molecular weight excluding hydrogens is 366 g/mol. The lowest BCUT2D eigenvalue weighted by Crippen LogP contribution is -2.65. The van der Waals surface area contributed by atoms with Crippen LogP contribution in [0.3, 0.4) is 0 Å². The average Bonchev–Trinajstić information content (AvgIpc) is 2.97. The van der Waals surface area contributed by atoms with E-state index in [4.69, 9.17) is 13.9 Å². The summed E-state index contributed by atoms with van der Waals surface area (Å²) in [7, 11) is 0. The molecule has 2 aromatic rings. The number of carbonyl (C=O) groups is 1. The van der Waals surface area contributed by atoms with Crippen LogP contribution in [0.15, 0.2) is 21.3 Å². The number of hydrogen-bond acceptors (Lipinski definition) is 9. The second kappa shape index (κ2) is 7.33. The molecule has 3 rings (SSSR count). The second-order valence-electron chi connectivity index (χ2n) is 6.02. The van der Waals surface area contributed by atoms with Crippen molar-refractivity contribution in [1.82, 2.24) is 5.32 Å². The second-order valence-corrected chi connectivity index (χ2v) is 6.97. The molecule has 26 heavy (non-hydrogen) atoms. The van der Waals surface area contributed by atoms with E-state index < -0.39 is 48.1 Å². The molecule has 1 fully saturated rings. The first-order chi connectivity index (χ1) is 12.3. The van der Waals surface area contributed by atoms with E-state index in [0.29, 0.717) is 21.6 Å². The van der Waals surface area contributed by atoms with Gasteiger partial charge >= 0.3 is 4.94 Å². The van der Waals surface area contributed by atoms with Gasteiger partial charge < -0.3 is 34.5 Å². The average molecular weight is 385 g/mol. The molecule has 142 valence electrons. The van der Waals surface area contributed by atoms with Gasteiger partial charge in [0.15, 0.2) is 0 Å². The molecule has 0 saturated carbocycles. The molecule has 4 N–H and O–H groups in total. The van der Waals surface area contributed by atoms with Crippen molar-refractivity contribution in [2.75, 3.05) is 6.61 Å². The lowest BCUT2D eigenvalue weighted by molar-refractivity contribution is -0.244. The van der Waals surface area contributed by atoms with Crippen molar-refractivity contribution < 1.29 is 34.0 Å². The van der Waals surface area contributed by atoms with Gasteiger partial charge in [-0.15, -0.1) is 0 Å². The topological polar surface area (TPSA) is 138 Å². The summed E-state index contributed by atoms with van der Waals surface area (Å²) in [5.74, 6) is -0.0868. The van der Waals surface area contributed by atoms with Gasteiger partial charge in [-0.1, -0.05) is 11.3 Å². The number of carbonyl (C=O) groups excluding carboxylic acids is 1. The highest BCUT2D eigenvalue weighted by Crippen LogP contribution is 2.32. The first-order valence-electron chi connectivity index (χ1n) is 7.91. The van der Waals surface area contributed by atoms with Crippen LogP contribution in [0.1, 0.15) is 12.5 Å². The number of aliphatic hydroxyl groups is 3. The summed E-state index contributed by atoms with van der Waals surface area (Å²) in [5, 5.41) is 32.1. The van der Waals surface area contributed by atoms with Crippen molar-refractivity contribution in [1.29, 1.82) is 0 Å². The summed E-state index contributed by atoms with van der Waals surface area (Å²) in [5.41, 5.74) is 1.06. The highest BCUT2D eigenvalue weighted by Gasteiger charge is 2.46. The van der Waals surface area contributed by atoms with Crippen LogP contribution in [0, 0.1) is 6.92 Å². The van der Waals surface area contributed by atoms with E-state index in [9.17, 15) is 24.9 Å². The van der Waals surface area contributed by atoms with E-state index in [2.05, 4.69) is 5.32 Å². The number of aryl methyl sites for hydroxylation is 1. The summed E-state index contributed by atoms with van der Waals surface area (Å²) < 4.78 is 17.0. The predicted octanol–water partition coefficient (Wildman–Crippen LogP) is -0.515. The number of rotatable bonds is 4. The van der Waals surface area contributed by atoms with Crippen molar-refractivity contribution in [2.24, 2.45) is 0 Å². The van der Waals surface area contributed by atoms with Crippen LogP contribution in [0.5, 0.6) is 5.75 Å². The van der Waals surface area contributed by atoms with Crippen LogP contribution in [-0.4, -0.2) is 58.5 Å². The van der Waals surface area contributed by atoms with Crippen LogP contribution < -0.4 is 15.0 Å². The highest BCUT2D eigenvalue weighted by atomic mass is 32.1.